The van der Waals surface area contributed by atoms with E-state index in [1.54, 1.807) is 6.20 Å². The number of nitrogens with one attached hydrogen (secondary N) is 1. The Labute approximate surface area is 102 Å². The molecule has 2 rings (SSSR count). The summed E-state index contributed by atoms with van der Waals surface area (Å²) in [6, 6.07) is 0. The molecule has 4 nitrogen and oxygen atoms in total. The van der Waals surface area contributed by atoms with Crippen molar-refractivity contribution < 1.29 is 0 Å². The van der Waals surface area contributed by atoms with E-state index in [9.17, 15) is 0 Å². The fraction of sp³-hybridized carbons (Fsp3) is 0.273. The first kappa shape index (κ1) is 11.0. The molecular weight excluding hydrogens is 268 g/mol. The lowest BCUT2D eigenvalue weighted by Crippen LogP contribution is -2.05. The first-order chi connectivity index (χ1) is 7.81. The second-order valence-corrected chi connectivity index (χ2v) is 3.99. The molecule has 2 aromatic heterocycles. The number of aromatic nitrogens is 3. The minimum Gasteiger partial charge on any atom is -0.366 e. The summed E-state index contributed by atoms with van der Waals surface area (Å²) in [5.41, 5.74) is 0.827. The second-order valence-electron chi connectivity index (χ2n) is 3.17. The lowest BCUT2D eigenvalue weighted by Gasteiger charge is -2.05. The Morgan fingerprint density at radius 1 is 1.56 bits per heavy atom. The minimum absolute atomic E-state index is 0.771. The molecule has 5 heteroatoms. The molecule has 2 heterocycles. The zero-order valence-electron chi connectivity index (χ0n) is 8.87. The van der Waals surface area contributed by atoms with E-state index < -0.39 is 0 Å². The molecular formula is C11H11BrN4. The van der Waals surface area contributed by atoms with Crippen molar-refractivity contribution in [3.8, 4) is 11.8 Å². The van der Waals surface area contributed by atoms with Crippen LogP contribution in [0.4, 0.5) is 5.82 Å². The highest BCUT2D eigenvalue weighted by molar-refractivity contribution is 9.10. The predicted octanol–water partition coefficient (Wildman–Crippen LogP) is 2.32. The third-order valence-corrected chi connectivity index (χ3v) is 2.45. The number of fused-ring (bicyclic) bond motifs is 1. The number of anilines is 1. The van der Waals surface area contributed by atoms with Crippen LogP contribution in [0.25, 0.3) is 5.65 Å². The predicted molar refractivity (Wildman–Crippen MR) is 67.2 cm³/mol. The summed E-state index contributed by atoms with van der Waals surface area (Å²) in [5, 5.41) is 3.22. The average Bonchev–Trinajstić information content (AvgIpc) is 2.72. The maximum atomic E-state index is 4.35. The highest BCUT2D eigenvalue weighted by atomic mass is 79.9. The number of hydrogen-bond acceptors (Lipinski definition) is 3. The van der Waals surface area contributed by atoms with Crippen LogP contribution < -0.4 is 5.32 Å². The van der Waals surface area contributed by atoms with Gasteiger partial charge in [0.1, 0.15) is 4.60 Å². The van der Waals surface area contributed by atoms with Gasteiger partial charge in [-0.2, -0.15) is 0 Å². The van der Waals surface area contributed by atoms with Crippen molar-refractivity contribution >= 4 is 27.4 Å². The van der Waals surface area contributed by atoms with E-state index in [4.69, 9.17) is 0 Å². The second kappa shape index (κ2) is 4.99. The molecule has 0 atom stereocenters. The summed E-state index contributed by atoms with van der Waals surface area (Å²) in [5.74, 6) is 6.63. The van der Waals surface area contributed by atoms with Crippen molar-refractivity contribution in [1.29, 1.82) is 0 Å². The molecule has 0 aromatic carbocycles. The fourth-order valence-electron chi connectivity index (χ4n) is 1.39. The molecule has 16 heavy (non-hydrogen) atoms. The minimum atomic E-state index is 0.771. The topological polar surface area (TPSA) is 42.2 Å². The Morgan fingerprint density at radius 3 is 3.25 bits per heavy atom. The van der Waals surface area contributed by atoms with Crippen molar-refractivity contribution in [2.75, 3.05) is 11.9 Å². The SMILES string of the molecule is CC#CCCNc1nc(Br)cn2ccnc12. The van der Waals surface area contributed by atoms with Crippen LogP contribution in [0.2, 0.25) is 0 Å². The quantitative estimate of drug-likeness (QED) is 0.692. The highest BCUT2D eigenvalue weighted by Crippen LogP contribution is 2.16. The van der Waals surface area contributed by atoms with Gasteiger partial charge >= 0.3 is 0 Å². The third-order valence-electron chi connectivity index (χ3n) is 2.06. The Balaban J connectivity index is 2.20. The largest absolute Gasteiger partial charge is 0.366 e. The van der Waals surface area contributed by atoms with E-state index in [1.165, 1.54) is 0 Å². The summed E-state index contributed by atoms with van der Waals surface area (Å²) in [4.78, 5) is 8.58. The Hall–Kier alpha value is -1.54. The van der Waals surface area contributed by atoms with E-state index in [-0.39, 0.29) is 0 Å². The van der Waals surface area contributed by atoms with Crippen LogP contribution in [0.1, 0.15) is 13.3 Å². The number of imidazole rings is 1. The molecule has 2 aromatic rings. The van der Waals surface area contributed by atoms with Gasteiger partial charge in [0.2, 0.25) is 0 Å². The molecule has 0 spiro atoms. The molecule has 0 unspecified atom stereocenters. The number of nitrogens with zero attached hydrogens (tertiary/aromatic N) is 3. The number of rotatable bonds is 3. The maximum absolute atomic E-state index is 4.35. The molecule has 0 amide bonds. The van der Waals surface area contributed by atoms with Gasteiger partial charge in [-0.15, -0.1) is 11.8 Å². The van der Waals surface area contributed by atoms with E-state index in [2.05, 4.69) is 43.1 Å². The Bertz CT molecular complexity index is 550. The molecule has 0 saturated carbocycles. The van der Waals surface area contributed by atoms with Gasteiger partial charge in [0.25, 0.3) is 0 Å². The van der Waals surface area contributed by atoms with Gasteiger partial charge in [-0.3, -0.25) is 0 Å². The van der Waals surface area contributed by atoms with Gasteiger partial charge in [0.15, 0.2) is 11.5 Å². The van der Waals surface area contributed by atoms with Gasteiger partial charge < -0.3 is 9.72 Å². The van der Waals surface area contributed by atoms with Crippen LogP contribution in [-0.2, 0) is 0 Å². The van der Waals surface area contributed by atoms with E-state index in [1.807, 2.05) is 23.7 Å². The van der Waals surface area contributed by atoms with Crippen molar-refractivity contribution in [1.82, 2.24) is 14.4 Å². The van der Waals surface area contributed by atoms with Gasteiger partial charge in [-0.25, -0.2) is 9.97 Å². The van der Waals surface area contributed by atoms with E-state index in [0.717, 1.165) is 29.0 Å². The molecule has 0 fully saturated rings. The van der Waals surface area contributed by atoms with Crippen LogP contribution in [0.3, 0.4) is 0 Å². The van der Waals surface area contributed by atoms with Crippen LogP contribution in [-0.4, -0.2) is 20.9 Å². The first-order valence-electron chi connectivity index (χ1n) is 4.94. The molecule has 0 aliphatic carbocycles. The van der Waals surface area contributed by atoms with E-state index >= 15 is 0 Å². The maximum Gasteiger partial charge on any atom is 0.180 e. The van der Waals surface area contributed by atoms with Crippen LogP contribution in [0.15, 0.2) is 23.2 Å². The molecule has 0 aliphatic heterocycles. The average molecular weight is 279 g/mol. The third kappa shape index (κ3) is 2.34. The Morgan fingerprint density at radius 2 is 2.44 bits per heavy atom. The van der Waals surface area contributed by atoms with Gasteiger partial charge in [-0.1, -0.05) is 0 Å². The van der Waals surface area contributed by atoms with Crippen molar-refractivity contribution in [2.24, 2.45) is 0 Å². The molecule has 1 N–H and O–H groups in total. The smallest absolute Gasteiger partial charge is 0.180 e. The lowest BCUT2D eigenvalue weighted by atomic mass is 10.4. The molecule has 0 saturated heterocycles. The molecule has 0 bridgehead atoms. The van der Waals surface area contributed by atoms with Gasteiger partial charge in [-0.05, 0) is 22.9 Å². The normalized spacial score (nSPS) is 9.88. The molecule has 0 radical (unpaired) electrons. The van der Waals surface area contributed by atoms with Gasteiger partial charge in [0, 0.05) is 31.6 Å². The fourth-order valence-corrected chi connectivity index (χ4v) is 1.79. The summed E-state index contributed by atoms with van der Waals surface area (Å²) in [6.07, 6.45) is 6.32. The summed E-state index contributed by atoms with van der Waals surface area (Å²) in [6.45, 7) is 2.61. The van der Waals surface area contributed by atoms with Gasteiger partial charge in [0.05, 0.1) is 0 Å². The molecule has 82 valence electrons. The first-order valence-corrected chi connectivity index (χ1v) is 5.73. The van der Waals surface area contributed by atoms with E-state index in [0.29, 0.717) is 0 Å². The van der Waals surface area contributed by atoms with Crippen LogP contribution in [0, 0.1) is 11.8 Å². The highest BCUT2D eigenvalue weighted by Gasteiger charge is 2.04. The summed E-state index contributed by atoms with van der Waals surface area (Å²) >= 11 is 3.36. The lowest BCUT2D eigenvalue weighted by molar-refractivity contribution is 1.04. The van der Waals surface area contributed by atoms with Crippen molar-refractivity contribution in [3.63, 3.8) is 0 Å². The summed E-state index contributed by atoms with van der Waals surface area (Å²) in [7, 11) is 0. The standard InChI is InChI=1S/C11H11BrN4/c1-2-3-4-5-13-10-11-14-6-7-16(11)8-9(12)15-10/h6-8H,4-5H2,1H3,(H,13,15). The van der Waals surface area contributed by atoms with Crippen molar-refractivity contribution in [2.45, 2.75) is 13.3 Å². The monoisotopic (exact) mass is 278 g/mol. The Kier molecular flexibility index (Phi) is 3.42. The zero-order valence-corrected chi connectivity index (χ0v) is 10.5. The number of halogens is 1. The zero-order chi connectivity index (χ0) is 11.4. The van der Waals surface area contributed by atoms with Crippen molar-refractivity contribution in [3.05, 3.63) is 23.2 Å². The van der Waals surface area contributed by atoms with Crippen LogP contribution in [0.5, 0.6) is 0 Å². The molecule has 0 aliphatic rings. The number of hydrogen-bond donors (Lipinski definition) is 1. The summed E-state index contributed by atoms with van der Waals surface area (Å²) < 4.78 is 2.70. The van der Waals surface area contributed by atoms with Crippen LogP contribution >= 0.6 is 15.9 Å².